The molecule has 0 unspecified atom stereocenters. The quantitative estimate of drug-likeness (QED) is 0.727. The van der Waals surface area contributed by atoms with Crippen LogP contribution in [0.25, 0.3) is 0 Å². The highest BCUT2D eigenvalue weighted by atomic mass is 16.5. The molecular formula is C18H16N2O3. The largest absolute Gasteiger partial charge is 0.497 e. The Morgan fingerprint density at radius 1 is 1.00 bits per heavy atom. The van der Waals surface area contributed by atoms with E-state index in [1.807, 2.05) is 54.6 Å². The predicted molar refractivity (Wildman–Crippen MR) is 87.1 cm³/mol. The first-order valence-corrected chi connectivity index (χ1v) is 7.17. The van der Waals surface area contributed by atoms with Gasteiger partial charge in [-0.25, -0.2) is 4.98 Å². The molecule has 1 heterocycles. The van der Waals surface area contributed by atoms with Crippen molar-refractivity contribution in [3.8, 4) is 17.4 Å². The van der Waals surface area contributed by atoms with Crippen LogP contribution < -0.4 is 15.0 Å². The molecular weight excluding hydrogens is 292 g/mol. The standard InChI is InChI=1S/C18H16N2O3/c1-22-15-9-7-14(8-10-15)12-20-13-19-17(11-18(20)21)23-16-5-3-2-4-6-16/h2-11,13H,12H2,1H3. The fourth-order valence-corrected chi connectivity index (χ4v) is 2.12. The van der Waals surface area contributed by atoms with Gasteiger partial charge in [-0.2, -0.15) is 0 Å². The summed E-state index contributed by atoms with van der Waals surface area (Å²) < 4.78 is 12.2. The number of aromatic nitrogens is 2. The Labute approximate surface area is 133 Å². The molecule has 1 aromatic heterocycles. The fraction of sp³-hybridized carbons (Fsp3) is 0.111. The molecule has 0 spiro atoms. The first kappa shape index (κ1) is 14.8. The van der Waals surface area contributed by atoms with Gasteiger partial charge in [0.1, 0.15) is 17.8 Å². The first-order valence-electron chi connectivity index (χ1n) is 7.17. The first-order chi connectivity index (χ1) is 11.2. The number of para-hydroxylation sites is 1. The van der Waals surface area contributed by atoms with Gasteiger partial charge in [-0.3, -0.25) is 9.36 Å². The van der Waals surface area contributed by atoms with Crippen LogP contribution in [0.5, 0.6) is 17.4 Å². The maximum atomic E-state index is 12.2. The molecule has 2 aromatic carbocycles. The molecule has 0 amide bonds. The van der Waals surface area contributed by atoms with E-state index < -0.39 is 0 Å². The van der Waals surface area contributed by atoms with Gasteiger partial charge >= 0.3 is 0 Å². The Morgan fingerprint density at radius 2 is 1.74 bits per heavy atom. The summed E-state index contributed by atoms with van der Waals surface area (Å²) in [6.45, 7) is 0.446. The minimum atomic E-state index is -0.165. The lowest BCUT2D eigenvalue weighted by Gasteiger charge is -2.08. The van der Waals surface area contributed by atoms with Gasteiger partial charge in [0.05, 0.1) is 19.7 Å². The van der Waals surface area contributed by atoms with Crippen LogP contribution in [0.15, 0.2) is 71.8 Å². The Balaban J connectivity index is 1.75. The molecule has 23 heavy (non-hydrogen) atoms. The zero-order valence-corrected chi connectivity index (χ0v) is 12.7. The van der Waals surface area contributed by atoms with Gasteiger partial charge in [-0.05, 0) is 29.8 Å². The molecule has 0 saturated heterocycles. The minimum absolute atomic E-state index is 0.165. The summed E-state index contributed by atoms with van der Waals surface area (Å²) >= 11 is 0. The monoisotopic (exact) mass is 308 g/mol. The summed E-state index contributed by atoms with van der Waals surface area (Å²) in [5, 5.41) is 0. The van der Waals surface area contributed by atoms with Crippen LogP contribution in [-0.4, -0.2) is 16.7 Å². The van der Waals surface area contributed by atoms with E-state index in [4.69, 9.17) is 9.47 Å². The van der Waals surface area contributed by atoms with Crippen molar-refractivity contribution >= 4 is 0 Å². The Kier molecular flexibility index (Phi) is 4.38. The molecule has 0 atom stereocenters. The van der Waals surface area contributed by atoms with Crippen molar-refractivity contribution in [2.24, 2.45) is 0 Å². The average molecular weight is 308 g/mol. The molecule has 0 saturated carbocycles. The third kappa shape index (κ3) is 3.77. The number of hydrogen-bond donors (Lipinski definition) is 0. The predicted octanol–water partition coefficient (Wildman–Crippen LogP) is 3.09. The second kappa shape index (κ2) is 6.79. The van der Waals surface area contributed by atoms with Gasteiger partial charge in [-0.1, -0.05) is 30.3 Å². The third-order valence-corrected chi connectivity index (χ3v) is 3.33. The molecule has 3 rings (SSSR count). The normalized spacial score (nSPS) is 10.3. The number of benzene rings is 2. The van der Waals surface area contributed by atoms with Gasteiger partial charge < -0.3 is 9.47 Å². The van der Waals surface area contributed by atoms with Crippen molar-refractivity contribution in [1.29, 1.82) is 0 Å². The Bertz CT molecular complexity index is 827. The molecule has 116 valence electrons. The van der Waals surface area contributed by atoms with Crippen LogP contribution in [0.4, 0.5) is 0 Å². The smallest absolute Gasteiger partial charge is 0.257 e. The van der Waals surface area contributed by atoms with Crippen LogP contribution in [0, 0.1) is 0 Å². The number of rotatable bonds is 5. The van der Waals surface area contributed by atoms with Crippen LogP contribution in [0.1, 0.15) is 5.56 Å². The highest BCUT2D eigenvalue weighted by Crippen LogP contribution is 2.17. The van der Waals surface area contributed by atoms with Gasteiger partial charge in [0.15, 0.2) is 0 Å². The number of methoxy groups -OCH3 is 1. The zero-order chi connectivity index (χ0) is 16.1. The van der Waals surface area contributed by atoms with Gasteiger partial charge in [0, 0.05) is 0 Å². The number of hydrogen-bond acceptors (Lipinski definition) is 4. The molecule has 0 fully saturated rings. The lowest BCUT2D eigenvalue weighted by molar-refractivity contribution is 0.414. The molecule has 3 aromatic rings. The van der Waals surface area contributed by atoms with Crippen molar-refractivity contribution < 1.29 is 9.47 Å². The van der Waals surface area contributed by atoms with Crippen LogP contribution in [0.3, 0.4) is 0 Å². The van der Waals surface area contributed by atoms with Crippen LogP contribution in [0.2, 0.25) is 0 Å². The summed E-state index contributed by atoms with van der Waals surface area (Å²) in [6, 6.07) is 18.2. The van der Waals surface area contributed by atoms with Crippen molar-refractivity contribution in [3.05, 3.63) is 82.9 Å². The van der Waals surface area contributed by atoms with Crippen molar-refractivity contribution in [3.63, 3.8) is 0 Å². The molecule has 0 aliphatic rings. The second-order valence-corrected chi connectivity index (χ2v) is 4.96. The topological polar surface area (TPSA) is 53.4 Å². The second-order valence-electron chi connectivity index (χ2n) is 4.96. The Morgan fingerprint density at radius 3 is 2.39 bits per heavy atom. The highest BCUT2D eigenvalue weighted by molar-refractivity contribution is 5.28. The highest BCUT2D eigenvalue weighted by Gasteiger charge is 2.04. The lowest BCUT2D eigenvalue weighted by atomic mass is 10.2. The average Bonchev–Trinajstić information content (AvgIpc) is 2.59. The van der Waals surface area contributed by atoms with Crippen molar-refractivity contribution in [2.45, 2.75) is 6.54 Å². The van der Waals surface area contributed by atoms with Gasteiger partial charge in [0.25, 0.3) is 5.56 Å². The zero-order valence-electron chi connectivity index (χ0n) is 12.7. The van der Waals surface area contributed by atoms with E-state index in [9.17, 15) is 4.79 Å². The maximum Gasteiger partial charge on any atom is 0.257 e. The third-order valence-electron chi connectivity index (χ3n) is 3.33. The number of nitrogens with zero attached hydrogens (tertiary/aromatic N) is 2. The molecule has 0 aliphatic heterocycles. The lowest BCUT2D eigenvalue weighted by Crippen LogP contribution is -2.20. The summed E-state index contributed by atoms with van der Waals surface area (Å²) in [5.74, 6) is 1.71. The minimum Gasteiger partial charge on any atom is -0.497 e. The van der Waals surface area contributed by atoms with E-state index in [2.05, 4.69) is 4.98 Å². The molecule has 5 heteroatoms. The summed E-state index contributed by atoms with van der Waals surface area (Å²) in [5.41, 5.74) is 0.827. The van der Waals surface area contributed by atoms with E-state index in [1.165, 1.54) is 17.0 Å². The molecule has 5 nitrogen and oxygen atoms in total. The maximum absolute atomic E-state index is 12.2. The van der Waals surface area contributed by atoms with E-state index in [0.717, 1.165) is 11.3 Å². The SMILES string of the molecule is COc1ccc(Cn2cnc(Oc3ccccc3)cc2=O)cc1. The van der Waals surface area contributed by atoms with Gasteiger partial charge in [-0.15, -0.1) is 0 Å². The molecule has 0 aliphatic carbocycles. The van der Waals surface area contributed by atoms with E-state index >= 15 is 0 Å². The summed E-state index contributed by atoms with van der Waals surface area (Å²) in [4.78, 5) is 16.4. The Hall–Kier alpha value is -3.08. The summed E-state index contributed by atoms with van der Waals surface area (Å²) in [7, 11) is 1.62. The molecule has 0 radical (unpaired) electrons. The fourth-order valence-electron chi connectivity index (χ4n) is 2.12. The summed E-state index contributed by atoms with van der Waals surface area (Å²) in [6.07, 6.45) is 1.49. The molecule has 0 N–H and O–H groups in total. The van der Waals surface area contributed by atoms with E-state index in [-0.39, 0.29) is 11.4 Å². The van der Waals surface area contributed by atoms with E-state index in [1.54, 1.807) is 7.11 Å². The van der Waals surface area contributed by atoms with Crippen LogP contribution >= 0.6 is 0 Å². The number of ether oxygens (including phenoxy) is 2. The van der Waals surface area contributed by atoms with Crippen LogP contribution in [-0.2, 0) is 6.54 Å². The van der Waals surface area contributed by atoms with Crippen molar-refractivity contribution in [1.82, 2.24) is 9.55 Å². The molecule has 0 bridgehead atoms. The van der Waals surface area contributed by atoms with E-state index in [0.29, 0.717) is 12.3 Å². The van der Waals surface area contributed by atoms with Gasteiger partial charge in [0.2, 0.25) is 5.88 Å². The van der Waals surface area contributed by atoms with Crippen molar-refractivity contribution in [2.75, 3.05) is 7.11 Å².